The summed E-state index contributed by atoms with van der Waals surface area (Å²) in [6, 6.07) is 0. The van der Waals surface area contributed by atoms with E-state index in [0.29, 0.717) is 32.1 Å². The molecule has 0 aromatic heterocycles. The van der Waals surface area contributed by atoms with Crippen LogP contribution in [0.5, 0.6) is 0 Å². The lowest BCUT2D eigenvalue weighted by molar-refractivity contribution is -0.147. The summed E-state index contributed by atoms with van der Waals surface area (Å²) in [4.78, 5) is 11.5. The third kappa shape index (κ3) is 10.7. The molecule has 1 rings (SSSR count). The fourth-order valence-corrected chi connectivity index (χ4v) is 3.71. The van der Waals surface area contributed by atoms with Crippen LogP contribution in [0.25, 0.3) is 0 Å². The average molecular weight is 429 g/mol. The van der Waals surface area contributed by atoms with Gasteiger partial charge in [0.15, 0.2) is 0 Å². The van der Waals surface area contributed by atoms with Crippen LogP contribution < -0.4 is 0 Å². The summed E-state index contributed by atoms with van der Waals surface area (Å²) in [6.45, 7) is 1.48. The smallest absolute Gasteiger partial charge is 0.305 e. The quantitative estimate of drug-likeness (QED) is 0.153. The second kappa shape index (κ2) is 15.5. The molecule has 0 saturated heterocycles. The molecule has 0 spiro atoms. The van der Waals surface area contributed by atoms with Gasteiger partial charge in [-0.3, -0.25) is 4.79 Å². The van der Waals surface area contributed by atoms with E-state index in [4.69, 9.17) is 14.9 Å². The van der Waals surface area contributed by atoms with E-state index in [2.05, 4.69) is 6.92 Å². The minimum absolute atomic E-state index is 0.0970. The lowest BCUT2D eigenvalue weighted by atomic mass is 9.89. The van der Waals surface area contributed by atoms with Crippen LogP contribution in [0.15, 0.2) is 24.3 Å². The van der Waals surface area contributed by atoms with E-state index in [9.17, 15) is 20.1 Å². The van der Waals surface area contributed by atoms with Crippen molar-refractivity contribution in [3.63, 3.8) is 0 Å². The van der Waals surface area contributed by atoms with Crippen molar-refractivity contribution in [2.45, 2.75) is 89.1 Å². The van der Waals surface area contributed by atoms with Crippen LogP contribution in [-0.4, -0.2) is 69.1 Å². The molecular weight excluding hydrogens is 388 g/mol. The molecule has 0 aromatic rings. The van der Waals surface area contributed by atoms with Crippen LogP contribution >= 0.6 is 0 Å². The summed E-state index contributed by atoms with van der Waals surface area (Å²) in [5.74, 6) is -0.688. The largest absolute Gasteiger partial charge is 0.463 e. The van der Waals surface area contributed by atoms with Gasteiger partial charge in [-0.2, -0.15) is 0 Å². The maximum atomic E-state index is 11.5. The normalized spacial score (nSPS) is 26.5. The first-order valence-electron chi connectivity index (χ1n) is 11.2. The fourth-order valence-electron chi connectivity index (χ4n) is 3.71. The van der Waals surface area contributed by atoms with E-state index in [-0.39, 0.29) is 24.9 Å². The summed E-state index contributed by atoms with van der Waals surface area (Å²) >= 11 is 0. The van der Waals surface area contributed by atoms with E-state index < -0.39 is 37.0 Å². The number of unbranched alkanes of at least 4 members (excludes halogenated alkanes) is 3. The van der Waals surface area contributed by atoms with Gasteiger partial charge < -0.3 is 30.3 Å². The molecule has 0 bridgehead atoms. The lowest BCUT2D eigenvalue weighted by Gasteiger charge is -2.19. The zero-order valence-corrected chi connectivity index (χ0v) is 18.1. The van der Waals surface area contributed by atoms with Crippen LogP contribution in [-0.2, 0) is 9.53 Å². The number of hydrogen-bond donors (Lipinski definition) is 5. The monoisotopic (exact) mass is 428 g/mol. The van der Waals surface area contributed by atoms with Crippen LogP contribution in [0.2, 0.25) is 0 Å². The maximum Gasteiger partial charge on any atom is 0.305 e. The number of ether oxygens (including phenoxy) is 1. The molecule has 0 aromatic carbocycles. The molecule has 1 aliphatic rings. The molecule has 1 saturated carbocycles. The van der Waals surface area contributed by atoms with Crippen molar-refractivity contribution in [1.29, 1.82) is 0 Å². The second-order valence-electron chi connectivity index (χ2n) is 8.18. The zero-order chi connectivity index (χ0) is 22.4. The number of hydrogen-bond acceptors (Lipinski definition) is 7. The van der Waals surface area contributed by atoms with E-state index in [1.54, 1.807) is 6.08 Å². The number of rotatable bonds is 15. The fraction of sp³-hybridized carbons (Fsp3) is 0.783. The molecule has 1 fully saturated rings. The Hall–Kier alpha value is -1.25. The first-order valence-corrected chi connectivity index (χ1v) is 11.2. The Bertz CT molecular complexity index is 520. The summed E-state index contributed by atoms with van der Waals surface area (Å²) < 4.78 is 4.84. The van der Waals surface area contributed by atoms with Gasteiger partial charge in [0.05, 0.1) is 24.9 Å². The second-order valence-corrected chi connectivity index (χ2v) is 8.18. The molecule has 1 aliphatic carbocycles. The van der Waals surface area contributed by atoms with Crippen LogP contribution in [0, 0.1) is 11.8 Å². The van der Waals surface area contributed by atoms with Gasteiger partial charge >= 0.3 is 5.97 Å². The summed E-state index contributed by atoms with van der Waals surface area (Å²) in [5, 5.41) is 48.4. The number of esters is 1. The SMILES string of the molecule is CCCCC[C@H](O)/C=C/[C@@H]1[C@@H](C/C=C\CCCC(=O)OC[C@@H](O)CO)[C@@H](O)C[C@H]1O. The van der Waals surface area contributed by atoms with Crippen molar-refractivity contribution < 1.29 is 35.1 Å². The number of aliphatic hydroxyl groups is 5. The predicted octanol–water partition coefficient (Wildman–Crippen LogP) is 1.85. The molecule has 5 N–H and O–H groups in total. The molecule has 6 atom stereocenters. The Morgan fingerprint density at radius 1 is 1.13 bits per heavy atom. The Labute approximate surface area is 180 Å². The number of aliphatic hydroxyl groups excluding tert-OH is 5. The number of allylic oxidation sites excluding steroid dienone is 2. The Kier molecular flexibility index (Phi) is 13.9. The molecule has 0 heterocycles. The van der Waals surface area contributed by atoms with Crippen molar-refractivity contribution in [3.05, 3.63) is 24.3 Å². The third-order valence-corrected chi connectivity index (χ3v) is 5.55. The molecule has 174 valence electrons. The van der Waals surface area contributed by atoms with Gasteiger partial charge in [0.2, 0.25) is 0 Å². The molecule has 0 amide bonds. The van der Waals surface area contributed by atoms with Crippen molar-refractivity contribution in [2.24, 2.45) is 11.8 Å². The van der Waals surface area contributed by atoms with Crippen molar-refractivity contribution in [1.82, 2.24) is 0 Å². The van der Waals surface area contributed by atoms with Gasteiger partial charge in [-0.25, -0.2) is 0 Å². The Balaban J connectivity index is 2.36. The van der Waals surface area contributed by atoms with Gasteiger partial charge in [0.1, 0.15) is 12.7 Å². The van der Waals surface area contributed by atoms with Gasteiger partial charge in [0, 0.05) is 18.8 Å². The standard InChI is InChI=1S/C23H40O7/c1-2-3-6-9-17(25)12-13-20-19(21(27)14-22(20)28)10-7-4-5-8-11-23(29)30-16-18(26)15-24/h4,7,12-13,17-22,24-28H,2-3,5-6,8-11,14-16H2,1H3/b7-4-,13-12+/t17-,18-,19+,20+,21-,22+/m0/s1. The third-order valence-electron chi connectivity index (χ3n) is 5.55. The van der Waals surface area contributed by atoms with Gasteiger partial charge in [-0.1, -0.05) is 50.5 Å². The number of carbonyl (C=O) groups is 1. The summed E-state index contributed by atoms with van der Waals surface area (Å²) in [5.41, 5.74) is 0. The molecule has 0 unspecified atom stereocenters. The highest BCUT2D eigenvalue weighted by Crippen LogP contribution is 2.36. The molecule has 7 heteroatoms. The van der Waals surface area contributed by atoms with Gasteiger partial charge in [-0.15, -0.1) is 0 Å². The van der Waals surface area contributed by atoms with E-state index in [1.807, 2.05) is 18.2 Å². The van der Waals surface area contributed by atoms with Gasteiger partial charge in [-0.05, 0) is 31.6 Å². The minimum atomic E-state index is -1.04. The number of carbonyl (C=O) groups excluding carboxylic acids is 1. The maximum absolute atomic E-state index is 11.5. The average Bonchev–Trinajstić information content (AvgIpc) is 2.99. The first kappa shape index (κ1) is 26.8. The van der Waals surface area contributed by atoms with Crippen LogP contribution in [0.4, 0.5) is 0 Å². The highest BCUT2D eigenvalue weighted by Gasteiger charge is 2.39. The Morgan fingerprint density at radius 2 is 1.90 bits per heavy atom. The highest BCUT2D eigenvalue weighted by atomic mass is 16.5. The van der Waals surface area contributed by atoms with Crippen molar-refractivity contribution >= 4 is 5.97 Å². The summed E-state index contributed by atoms with van der Waals surface area (Å²) in [6.07, 6.45) is 11.1. The topological polar surface area (TPSA) is 127 Å². The molecule has 0 aliphatic heterocycles. The highest BCUT2D eigenvalue weighted by molar-refractivity contribution is 5.69. The Morgan fingerprint density at radius 3 is 2.60 bits per heavy atom. The molecule has 7 nitrogen and oxygen atoms in total. The minimum Gasteiger partial charge on any atom is -0.463 e. The van der Waals surface area contributed by atoms with Crippen molar-refractivity contribution in [3.8, 4) is 0 Å². The molecule has 0 radical (unpaired) electrons. The van der Waals surface area contributed by atoms with Gasteiger partial charge in [0.25, 0.3) is 0 Å². The van der Waals surface area contributed by atoms with Crippen LogP contribution in [0.1, 0.15) is 64.7 Å². The van der Waals surface area contributed by atoms with Crippen LogP contribution in [0.3, 0.4) is 0 Å². The molecular formula is C23H40O7. The zero-order valence-electron chi connectivity index (χ0n) is 18.1. The van der Waals surface area contributed by atoms with Crippen molar-refractivity contribution in [2.75, 3.05) is 13.2 Å². The van der Waals surface area contributed by atoms with E-state index >= 15 is 0 Å². The lowest BCUT2D eigenvalue weighted by Crippen LogP contribution is -2.21. The first-order chi connectivity index (χ1) is 14.4. The predicted molar refractivity (Wildman–Crippen MR) is 115 cm³/mol. The summed E-state index contributed by atoms with van der Waals surface area (Å²) in [7, 11) is 0. The molecule has 30 heavy (non-hydrogen) atoms. The van der Waals surface area contributed by atoms with E-state index in [1.165, 1.54) is 0 Å². The van der Waals surface area contributed by atoms with E-state index in [0.717, 1.165) is 19.3 Å².